The van der Waals surface area contributed by atoms with Crippen molar-refractivity contribution in [3.8, 4) is 5.75 Å². The van der Waals surface area contributed by atoms with E-state index in [1.165, 1.54) is 12.1 Å². The highest BCUT2D eigenvalue weighted by Crippen LogP contribution is 2.35. The SMILES string of the molecule is Cc1ccc(N=Nc2ccc(O)c(/C=C3\SC(=O)N(CC(=O)N4CCOCC4)C3=O)c2)cc1C. The van der Waals surface area contributed by atoms with Gasteiger partial charge in [0.15, 0.2) is 0 Å². The van der Waals surface area contributed by atoms with Gasteiger partial charge in [0.25, 0.3) is 11.1 Å². The zero-order chi connectivity index (χ0) is 24.2. The van der Waals surface area contributed by atoms with Crippen LogP contribution in [0.25, 0.3) is 6.08 Å². The Bertz CT molecular complexity index is 1200. The molecule has 9 nitrogen and oxygen atoms in total. The normalized spacial score (nSPS) is 17.9. The fourth-order valence-corrected chi connectivity index (χ4v) is 4.28. The van der Waals surface area contributed by atoms with Gasteiger partial charge in [-0.3, -0.25) is 19.3 Å². The summed E-state index contributed by atoms with van der Waals surface area (Å²) in [5.74, 6) is -0.942. The first kappa shape index (κ1) is 23.7. The van der Waals surface area contributed by atoms with E-state index in [1.54, 1.807) is 17.0 Å². The van der Waals surface area contributed by atoms with Gasteiger partial charge in [0.05, 0.1) is 29.5 Å². The van der Waals surface area contributed by atoms with Gasteiger partial charge < -0.3 is 14.7 Å². The molecule has 2 heterocycles. The first-order chi connectivity index (χ1) is 16.3. The molecule has 2 fully saturated rings. The van der Waals surface area contributed by atoms with Gasteiger partial charge in [-0.2, -0.15) is 10.2 Å². The highest BCUT2D eigenvalue weighted by Gasteiger charge is 2.37. The third kappa shape index (κ3) is 5.35. The number of morpholine rings is 1. The third-order valence-corrected chi connectivity index (χ3v) is 6.51. The van der Waals surface area contributed by atoms with Crippen LogP contribution in [-0.2, 0) is 14.3 Å². The summed E-state index contributed by atoms with van der Waals surface area (Å²) >= 11 is 0.731. The number of benzene rings is 2. The number of thioether (sulfide) groups is 1. The van der Waals surface area contributed by atoms with E-state index in [9.17, 15) is 19.5 Å². The minimum Gasteiger partial charge on any atom is -0.507 e. The number of carbonyl (C=O) groups excluding carboxylic acids is 3. The molecule has 0 unspecified atom stereocenters. The Morgan fingerprint density at radius 3 is 2.44 bits per heavy atom. The van der Waals surface area contributed by atoms with E-state index in [0.717, 1.165) is 27.8 Å². The summed E-state index contributed by atoms with van der Waals surface area (Å²) < 4.78 is 5.23. The maximum atomic E-state index is 12.8. The van der Waals surface area contributed by atoms with Crippen molar-refractivity contribution in [2.24, 2.45) is 10.2 Å². The lowest BCUT2D eigenvalue weighted by molar-refractivity contribution is -0.139. The predicted octanol–water partition coefficient (Wildman–Crippen LogP) is 4.32. The van der Waals surface area contributed by atoms with Crippen LogP contribution in [0.4, 0.5) is 16.2 Å². The van der Waals surface area contributed by atoms with Gasteiger partial charge in [-0.1, -0.05) is 6.07 Å². The van der Waals surface area contributed by atoms with Crippen LogP contribution in [0.2, 0.25) is 0 Å². The second kappa shape index (κ2) is 10.2. The van der Waals surface area contributed by atoms with E-state index in [0.29, 0.717) is 43.2 Å². The Labute approximate surface area is 201 Å². The molecule has 0 atom stereocenters. The predicted molar refractivity (Wildman–Crippen MR) is 128 cm³/mol. The Balaban J connectivity index is 1.50. The molecule has 0 aromatic heterocycles. The number of azo groups is 1. The van der Waals surface area contributed by atoms with E-state index >= 15 is 0 Å². The van der Waals surface area contributed by atoms with E-state index in [4.69, 9.17) is 4.74 Å². The molecular weight excluding hydrogens is 456 g/mol. The minimum absolute atomic E-state index is 0.0682. The molecule has 1 N–H and O–H groups in total. The number of hydrogen-bond acceptors (Lipinski definition) is 8. The topological polar surface area (TPSA) is 112 Å². The molecule has 0 radical (unpaired) electrons. The van der Waals surface area contributed by atoms with Crippen LogP contribution in [0.5, 0.6) is 5.75 Å². The summed E-state index contributed by atoms with van der Waals surface area (Å²) in [7, 11) is 0. The lowest BCUT2D eigenvalue weighted by atomic mass is 10.1. The standard InChI is InChI=1S/C24H24N4O5S/c1-15-3-4-18(11-16(15)2)25-26-19-5-6-20(29)17(12-19)13-21-23(31)28(24(32)34-21)14-22(30)27-7-9-33-10-8-27/h3-6,11-13,29H,7-10,14H2,1-2H3/b21-13-,26-25?. The number of hydrogen-bond donors (Lipinski definition) is 1. The van der Waals surface area contributed by atoms with Crippen molar-refractivity contribution < 1.29 is 24.2 Å². The molecular formula is C24H24N4O5S. The molecule has 0 saturated carbocycles. The number of phenolic OH excluding ortho intramolecular Hbond substituents is 1. The Kier molecular flexibility index (Phi) is 7.09. The van der Waals surface area contributed by atoms with Crippen LogP contribution < -0.4 is 0 Å². The quantitative estimate of drug-likeness (QED) is 0.504. The first-order valence-electron chi connectivity index (χ1n) is 10.7. The minimum atomic E-state index is -0.571. The zero-order valence-corrected chi connectivity index (χ0v) is 19.7. The number of rotatable bonds is 5. The summed E-state index contributed by atoms with van der Waals surface area (Å²) in [5, 5.41) is 18.2. The number of aryl methyl sites for hydroxylation is 2. The van der Waals surface area contributed by atoms with Gasteiger partial charge in [-0.15, -0.1) is 0 Å². The van der Waals surface area contributed by atoms with Crippen molar-refractivity contribution in [1.82, 2.24) is 9.80 Å². The Morgan fingerprint density at radius 1 is 1.06 bits per heavy atom. The fraction of sp³-hybridized carbons (Fsp3) is 0.292. The van der Waals surface area contributed by atoms with Crippen LogP contribution in [0.3, 0.4) is 0 Å². The first-order valence-corrected chi connectivity index (χ1v) is 11.6. The van der Waals surface area contributed by atoms with Gasteiger partial charge in [-0.25, -0.2) is 0 Å². The molecule has 176 valence electrons. The Morgan fingerprint density at radius 2 is 1.74 bits per heavy atom. The fourth-order valence-electron chi connectivity index (χ4n) is 3.45. The van der Waals surface area contributed by atoms with Gasteiger partial charge in [0, 0.05) is 18.7 Å². The van der Waals surface area contributed by atoms with Crippen LogP contribution in [-0.4, -0.2) is 64.8 Å². The molecule has 2 aliphatic rings. The number of amides is 3. The number of imide groups is 1. The second-order valence-corrected chi connectivity index (χ2v) is 8.97. The monoisotopic (exact) mass is 480 g/mol. The number of nitrogens with zero attached hydrogens (tertiary/aromatic N) is 4. The van der Waals surface area contributed by atoms with E-state index < -0.39 is 11.1 Å². The van der Waals surface area contributed by atoms with Gasteiger partial charge in [-0.05, 0) is 73.1 Å². The van der Waals surface area contributed by atoms with Crippen molar-refractivity contribution in [3.63, 3.8) is 0 Å². The van der Waals surface area contributed by atoms with Crippen LogP contribution in [0, 0.1) is 13.8 Å². The summed E-state index contributed by atoms with van der Waals surface area (Å²) in [6.45, 7) is 5.42. The smallest absolute Gasteiger partial charge is 0.294 e. The molecule has 2 aliphatic heterocycles. The highest BCUT2D eigenvalue weighted by molar-refractivity contribution is 8.18. The molecule has 2 aromatic rings. The van der Waals surface area contributed by atoms with Crippen LogP contribution >= 0.6 is 11.8 Å². The second-order valence-electron chi connectivity index (χ2n) is 7.97. The molecule has 2 aromatic carbocycles. The van der Waals surface area contributed by atoms with Crippen molar-refractivity contribution in [2.45, 2.75) is 13.8 Å². The number of carbonyl (C=O) groups is 3. The summed E-state index contributed by atoms with van der Waals surface area (Å²) in [6.07, 6.45) is 1.43. The maximum absolute atomic E-state index is 12.8. The van der Waals surface area contributed by atoms with Crippen LogP contribution in [0.15, 0.2) is 51.5 Å². The average Bonchev–Trinajstić information content (AvgIpc) is 3.09. The maximum Gasteiger partial charge on any atom is 0.294 e. The van der Waals surface area contributed by atoms with Crippen molar-refractivity contribution in [3.05, 3.63) is 58.0 Å². The highest BCUT2D eigenvalue weighted by atomic mass is 32.2. The van der Waals surface area contributed by atoms with E-state index in [2.05, 4.69) is 10.2 Å². The van der Waals surface area contributed by atoms with Crippen molar-refractivity contribution >= 4 is 46.3 Å². The summed E-state index contributed by atoms with van der Waals surface area (Å²) in [4.78, 5) is 40.3. The number of ether oxygens (including phenoxy) is 1. The lowest BCUT2D eigenvalue weighted by Crippen LogP contribution is -2.46. The average molecular weight is 481 g/mol. The van der Waals surface area contributed by atoms with E-state index in [1.807, 2.05) is 32.0 Å². The van der Waals surface area contributed by atoms with E-state index in [-0.39, 0.29) is 23.1 Å². The van der Waals surface area contributed by atoms with Gasteiger partial charge in [0.2, 0.25) is 5.91 Å². The molecule has 2 saturated heterocycles. The molecule has 0 spiro atoms. The van der Waals surface area contributed by atoms with Crippen molar-refractivity contribution in [2.75, 3.05) is 32.8 Å². The summed E-state index contributed by atoms with van der Waals surface area (Å²) in [5.41, 5.74) is 3.76. The molecule has 10 heteroatoms. The molecule has 3 amide bonds. The molecule has 4 rings (SSSR count). The molecule has 0 bridgehead atoms. The summed E-state index contributed by atoms with van der Waals surface area (Å²) in [6, 6.07) is 10.4. The molecule has 34 heavy (non-hydrogen) atoms. The number of aromatic hydroxyl groups is 1. The van der Waals surface area contributed by atoms with Gasteiger partial charge >= 0.3 is 0 Å². The van der Waals surface area contributed by atoms with Crippen molar-refractivity contribution in [1.29, 1.82) is 0 Å². The zero-order valence-electron chi connectivity index (χ0n) is 18.9. The van der Waals surface area contributed by atoms with Crippen LogP contribution in [0.1, 0.15) is 16.7 Å². The Hall–Kier alpha value is -3.50. The number of phenols is 1. The molecule has 0 aliphatic carbocycles. The largest absolute Gasteiger partial charge is 0.507 e. The third-order valence-electron chi connectivity index (χ3n) is 5.60. The van der Waals surface area contributed by atoms with Gasteiger partial charge in [0.1, 0.15) is 12.3 Å². The lowest BCUT2D eigenvalue weighted by Gasteiger charge is -2.28.